The van der Waals surface area contributed by atoms with Crippen LogP contribution in [0, 0.1) is 0 Å². The smallest absolute Gasteiger partial charge is 0.255 e. The molecule has 0 saturated heterocycles. The molecular formula is C25H25N3O5S. The molecule has 34 heavy (non-hydrogen) atoms. The molecule has 3 aromatic carbocycles. The summed E-state index contributed by atoms with van der Waals surface area (Å²) in [6.07, 6.45) is 0. The maximum atomic E-state index is 12.9. The average Bonchev–Trinajstić information content (AvgIpc) is 3.22. The van der Waals surface area contributed by atoms with E-state index in [2.05, 4.69) is 15.0 Å². The second-order valence-corrected chi connectivity index (χ2v) is 10.4. The van der Waals surface area contributed by atoms with E-state index < -0.39 is 21.5 Å². The molecule has 0 fully saturated rings. The highest BCUT2D eigenvalue weighted by Crippen LogP contribution is 2.28. The van der Waals surface area contributed by atoms with Gasteiger partial charge in [-0.05, 0) is 75.4 Å². The lowest BCUT2D eigenvalue weighted by molar-refractivity contribution is 0.102. The van der Waals surface area contributed by atoms with Gasteiger partial charge in [0.15, 0.2) is 5.58 Å². The number of fused-ring (bicyclic) bond motifs is 1. The van der Waals surface area contributed by atoms with Crippen LogP contribution < -0.4 is 14.8 Å². The summed E-state index contributed by atoms with van der Waals surface area (Å²) in [5.74, 6) is 0.177. The number of hydrogen-bond donors (Lipinski definition) is 2. The molecule has 1 aromatic heterocycles. The van der Waals surface area contributed by atoms with E-state index in [1.54, 1.807) is 45.0 Å². The van der Waals surface area contributed by atoms with Crippen molar-refractivity contribution in [3.05, 3.63) is 72.3 Å². The number of nitrogens with one attached hydrogen (secondary N) is 2. The fourth-order valence-corrected chi connectivity index (χ4v) is 5.00. The number of nitrogens with zero attached hydrogens (tertiary/aromatic N) is 1. The summed E-state index contributed by atoms with van der Waals surface area (Å²) < 4.78 is 39.3. The Morgan fingerprint density at radius 3 is 2.35 bits per heavy atom. The van der Waals surface area contributed by atoms with Gasteiger partial charge in [-0.3, -0.25) is 4.79 Å². The van der Waals surface area contributed by atoms with Crippen LogP contribution in [0.1, 0.15) is 31.1 Å². The largest absolute Gasteiger partial charge is 0.495 e. The van der Waals surface area contributed by atoms with E-state index in [4.69, 9.17) is 9.15 Å². The number of ether oxygens (including phenoxy) is 1. The van der Waals surface area contributed by atoms with Crippen LogP contribution in [0.5, 0.6) is 5.75 Å². The molecule has 176 valence electrons. The van der Waals surface area contributed by atoms with E-state index in [9.17, 15) is 13.2 Å². The van der Waals surface area contributed by atoms with Gasteiger partial charge in [0.1, 0.15) is 16.2 Å². The quantitative estimate of drug-likeness (QED) is 0.410. The first-order valence-electron chi connectivity index (χ1n) is 10.6. The minimum Gasteiger partial charge on any atom is -0.495 e. The molecule has 9 heteroatoms. The van der Waals surface area contributed by atoms with Crippen LogP contribution in [-0.2, 0) is 10.0 Å². The standard InChI is InChI=1S/C25H25N3O5S/c1-25(2,3)28-34(30,31)22-15-17(11-14-21(22)32-4)23(29)26-18-12-9-16(10-13-18)24-27-19-7-5-6-8-20(19)33-24/h5-15,28H,1-4H3,(H,26,29). The molecule has 4 rings (SSSR count). The zero-order valence-corrected chi connectivity index (χ0v) is 20.1. The molecule has 2 N–H and O–H groups in total. The van der Waals surface area contributed by atoms with Crippen LogP contribution in [-0.4, -0.2) is 32.0 Å². The second kappa shape index (κ2) is 8.92. The third kappa shape index (κ3) is 5.11. The van der Waals surface area contributed by atoms with Crippen molar-refractivity contribution in [3.63, 3.8) is 0 Å². The number of methoxy groups -OCH3 is 1. The number of hydrogen-bond acceptors (Lipinski definition) is 6. The van der Waals surface area contributed by atoms with Crippen molar-refractivity contribution in [1.82, 2.24) is 9.71 Å². The highest BCUT2D eigenvalue weighted by atomic mass is 32.2. The number of anilines is 1. The van der Waals surface area contributed by atoms with Crippen molar-refractivity contribution >= 4 is 32.7 Å². The molecule has 0 aliphatic rings. The third-order valence-corrected chi connectivity index (χ3v) is 6.62. The normalized spacial score (nSPS) is 12.0. The van der Waals surface area contributed by atoms with Gasteiger partial charge in [0, 0.05) is 22.4 Å². The van der Waals surface area contributed by atoms with E-state index in [1.165, 1.54) is 25.3 Å². The minimum atomic E-state index is -3.91. The lowest BCUT2D eigenvalue weighted by atomic mass is 10.1. The number of amides is 1. The molecule has 0 aliphatic carbocycles. The van der Waals surface area contributed by atoms with Gasteiger partial charge in [0.2, 0.25) is 15.9 Å². The summed E-state index contributed by atoms with van der Waals surface area (Å²) in [7, 11) is -2.53. The molecule has 8 nitrogen and oxygen atoms in total. The predicted octanol–water partition coefficient (Wildman–Crippen LogP) is 4.83. The number of carbonyl (C=O) groups is 1. The summed E-state index contributed by atoms with van der Waals surface area (Å²) in [6.45, 7) is 5.20. The van der Waals surface area contributed by atoms with Crippen molar-refractivity contribution in [1.29, 1.82) is 0 Å². The van der Waals surface area contributed by atoms with Gasteiger partial charge in [0.25, 0.3) is 5.91 Å². The highest BCUT2D eigenvalue weighted by molar-refractivity contribution is 7.89. The molecule has 1 heterocycles. The molecule has 0 radical (unpaired) electrons. The van der Waals surface area contributed by atoms with E-state index >= 15 is 0 Å². The van der Waals surface area contributed by atoms with Gasteiger partial charge in [-0.1, -0.05) is 12.1 Å². The van der Waals surface area contributed by atoms with Crippen LogP contribution in [0.3, 0.4) is 0 Å². The number of aromatic nitrogens is 1. The van der Waals surface area contributed by atoms with Crippen LogP contribution in [0.25, 0.3) is 22.6 Å². The Bertz CT molecular complexity index is 1420. The maximum Gasteiger partial charge on any atom is 0.255 e. The topological polar surface area (TPSA) is 111 Å². The molecule has 0 atom stereocenters. The van der Waals surface area contributed by atoms with Crippen LogP contribution in [0.2, 0.25) is 0 Å². The van der Waals surface area contributed by atoms with Crippen molar-refractivity contribution in [2.24, 2.45) is 0 Å². The molecule has 0 spiro atoms. The van der Waals surface area contributed by atoms with Gasteiger partial charge in [-0.15, -0.1) is 0 Å². The molecular weight excluding hydrogens is 454 g/mol. The Balaban J connectivity index is 1.55. The van der Waals surface area contributed by atoms with Crippen molar-refractivity contribution < 1.29 is 22.4 Å². The maximum absolute atomic E-state index is 12.9. The Labute approximate surface area is 198 Å². The summed E-state index contributed by atoms with van der Waals surface area (Å²) in [5, 5.41) is 2.78. The van der Waals surface area contributed by atoms with Gasteiger partial charge in [0.05, 0.1) is 7.11 Å². The first kappa shape index (κ1) is 23.5. The minimum absolute atomic E-state index is 0.108. The lowest BCUT2D eigenvalue weighted by Gasteiger charge is -2.21. The fourth-order valence-electron chi connectivity index (χ4n) is 3.38. The first-order valence-corrected chi connectivity index (χ1v) is 12.0. The molecule has 0 saturated carbocycles. The van der Waals surface area contributed by atoms with E-state index in [0.29, 0.717) is 17.2 Å². The third-order valence-electron chi connectivity index (χ3n) is 4.84. The van der Waals surface area contributed by atoms with E-state index in [-0.39, 0.29) is 16.2 Å². The predicted molar refractivity (Wildman–Crippen MR) is 130 cm³/mol. The lowest BCUT2D eigenvalue weighted by Crippen LogP contribution is -2.40. The SMILES string of the molecule is COc1ccc(C(=O)Nc2ccc(-c3nc4ccccc4o3)cc2)cc1S(=O)(=O)NC(C)(C)C. The zero-order chi connectivity index (χ0) is 24.5. The summed E-state index contributed by atoms with van der Waals surface area (Å²) in [6, 6.07) is 18.8. The van der Waals surface area contributed by atoms with Crippen molar-refractivity contribution in [2.45, 2.75) is 31.2 Å². The number of rotatable bonds is 6. The van der Waals surface area contributed by atoms with Crippen LogP contribution in [0.4, 0.5) is 5.69 Å². The Morgan fingerprint density at radius 1 is 1.00 bits per heavy atom. The summed E-state index contributed by atoms with van der Waals surface area (Å²) in [4.78, 5) is 17.2. The Hall–Kier alpha value is -3.69. The zero-order valence-electron chi connectivity index (χ0n) is 19.2. The number of benzene rings is 3. The van der Waals surface area contributed by atoms with Gasteiger partial charge in [-0.2, -0.15) is 0 Å². The van der Waals surface area contributed by atoms with Gasteiger partial charge >= 0.3 is 0 Å². The molecule has 0 aliphatic heterocycles. The van der Waals surface area contributed by atoms with Crippen LogP contribution in [0.15, 0.2) is 76.0 Å². The average molecular weight is 480 g/mol. The van der Waals surface area contributed by atoms with Crippen LogP contribution >= 0.6 is 0 Å². The highest BCUT2D eigenvalue weighted by Gasteiger charge is 2.26. The molecule has 4 aromatic rings. The van der Waals surface area contributed by atoms with E-state index in [0.717, 1.165) is 11.1 Å². The van der Waals surface area contributed by atoms with Gasteiger partial charge < -0.3 is 14.5 Å². The first-order chi connectivity index (χ1) is 16.1. The summed E-state index contributed by atoms with van der Waals surface area (Å²) >= 11 is 0. The van der Waals surface area contributed by atoms with Gasteiger partial charge in [-0.25, -0.2) is 18.1 Å². The second-order valence-electron chi connectivity index (χ2n) is 8.74. The fraction of sp³-hybridized carbons (Fsp3) is 0.200. The monoisotopic (exact) mass is 479 g/mol. The van der Waals surface area contributed by atoms with E-state index in [1.807, 2.05) is 24.3 Å². The molecule has 0 unspecified atom stereocenters. The van der Waals surface area contributed by atoms with Crippen molar-refractivity contribution in [2.75, 3.05) is 12.4 Å². The molecule has 1 amide bonds. The Morgan fingerprint density at radius 2 is 1.71 bits per heavy atom. The number of oxazole rings is 1. The number of carbonyl (C=O) groups excluding carboxylic acids is 1. The number of para-hydroxylation sites is 2. The Kier molecular flexibility index (Phi) is 6.16. The summed E-state index contributed by atoms with van der Waals surface area (Å²) in [5.41, 5.74) is 2.25. The number of sulfonamides is 1. The van der Waals surface area contributed by atoms with Crippen molar-refractivity contribution in [3.8, 4) is 17.2 Å². The molecule has 0 bridgehead atoms.